The molecule has 0 spiro atoms. The maximum atomic E-state index is 12.9. The zero-order chi connectivity index (χ0) is 24.6. The Bertz CT molecular complexity index is 1130. The average Bonchev–Trinajstić information content (AvgIpc) is 3.39. The quantitative estimate of drug-likeness (QED) is 0.466. The average molecular weight is 479 g/mol. The molecule has 8 nitrogen and oxygen atoms in total. The highest BCUT2D eigenvalue weighted by Crippen LogP contribution is 2.27. The summed E-state index contributed by atoms with van der Waals surface area (Å²) in [6.07, 6.45) is 1.11. The molecule has 0 saturated carbocycles. The van der Waals surface area contributed by atoms with Crippen LogP contribution in [0.5, 0.6) is 17.2 Å². The van der Waals surface area contributed by atoms with E-state index in [9.17, 15) is 9.59 Å². The number of carbonyl (C=O) groups excluding carboxylic acids is 2. The number of nitrogens with zero attached hydrogens (tertiary/aromatic N) is 2. The molecule has 0 unspecified atom stereocenters. The van der Waals surface area contributed by atoms with Crippen molar-refractivity contribution in [1.29, 1.82) is 0 Å². The number of methoxy groups -OCH3 is 2. The number of para-hydroxylation sites is 2. The summed E-state index contributed by atoms with van der Waals surface area (Å²) in [5, 5.41) is 0. The van der Waals surface area contributed by atoms with Crippen molar-refractivity contribution in [3.8, 4) is 17.2 Å². The van der Waals surface area contributed by atoms with Crippen molar-refractivity contribution in [3.63, 3.8) is 0 Å². The van der Waals surface area contributed by atoms with Gasteiger partial charge < -0.3 is 28.4 Å². The van der Waals surface area contributed by atoms with Crippen molar-refractivity contribution in [3.05, 3.63) is 77.7 Å². The first kappa shape index (κ1) is 24.2. The number of amides is 2. The highest BCUT2D eigenvalue weighted by atomic mass is 16.5. The Morgan fingerprint density at radius 2 is 1.51 bits per heavy atom. The second-order valence-electron chi connectivity index (χ2n) is 8.23. The maximum absolute atomic E-state index is 12.9. The SMILES string of the molecule is COc1ccc(CCC(=O)N2CCN(C(=O)c3ccc(COc4ccccc4OC)o3)CC2)cc1. The number of piperazine rings is 1. The molecule has 0 radical (unpaired) electrons. The minimum Gasteiger partial charge on any atom is -0.497 e. The molecule has 0 bridgehead atoms. The van der Waals surface area contributed by atoms with E-state index < -0.39 is 0 Å². The molecule has 2 aromatic carbocycles. The van der Waals surface area contributed by atoms with Crippen molar-refractivity contribution in [1.82, 2.24) is 9.80 Å². The van der Waals surface area contributed by atoms with Gasteiger partial charge in [-0.1, -0.05) is 24.3 Å². The normalized spacial score (nSPS) is 13.4. The summed E-state index contributed by atoms with van der Waals surface area (Å²) >= 11 is 0. The molecule has 3 aromatic rings. The third-order valence-corrected chi connectivity index (χ3v) is 6.02. The van der Waals surface area contributed by atoms with Gasteiger partial charge >= 0.3 is 0 Å². The van der Waals surface area contributed by atoms with E-state index in [-0.39, 0.29) is 24.2 Å². The number of aryl methyl sites for hydroxylation is 1. The minimum atomic E-state index is -0.182. The van der Waals surface area contributed by atoms with Crippen LogP contribution in [0.15, 0.2) is 65.1 Å². The second-order valence-corrected chi connectivity index (χ2v) is 8.23. The predicted molar refractivity (Wildman–Crippen MR) is 130 cm³/mol. The van der Waals surface area contributed by atoms with Gasteiger partial charge in [-0.15, -0.1) is 0 Å². The Balaban J connectivity index is 1.23. The molecule has 1 fully saturated rings. The maximum Gasteiger partial charge on any atom is 0.289 e. The van der Waals surface area contributed by atoms with Crippen LogP contribution in [0.4, 0.5) is 0 Å². The van der Waals surface area contributed by atoms with Crippen molar-refractivity contribution >= 4 is 11.8 Å². The summed E-state index contributed by atoms with van der Waals surface area (Å²) < 4.78 is 21.9. The van der Waals surface area contributed by atoms with Gasteiger partial charge in [-0.3, -0.25) is 9.59 Å². The molecule has 0 N–H and O–H groups in total. The third-order valence-electron chi connectivity index (χ3n) is 6.02. The van der Waals surface area contributed by atoms with Crippen LogP contribution in [0.1, 0.15) is 28.3 Å². The van der Waals surface area contributed by atoms with E-state index in [2.05, 4.69) is 0 Å². The van der Waals surface area contributed by atoms with Crippen LogP contribution in [-0.2, 0) is 17.8 Å². The molecule has 35 heavy (non-hydrogen) atoms. The number of furan rings is 1. The van der Waals surface area contributed by atoms with Crippen molar-refractivity contribution in [2.45, 2.75) is 19.4 Å². The molecule has 1 aliphatic heterocycles. The van der Waals surface area contributed by atoms with Gasteiger partial charge in [-0.05, 0) is 48.4 Å². The Hall–Kier alpha value is -3.94. The van der Waals surface area contributed by atoms with Crippen LogP contribution in [0, 0.1) is 0 Å². The molecule has 0 aliphatic carbocycles. The number of carbonyl (C=O) groups is 2. The van der Waals surface area contributed by atoms with Gasteiger partial charge in [0.05, 0.1) is 14.2 Å². The summed E-state index contributed by atoms with van der Waals surface area (Å²) in [6.45, 7) is 2.15. The molecule has 4 rings (SSSR count). The topological polar surface area (TPSA) is 81.5 Å². The van der Waals surface area contributed by atoms with Crippen molar-refractivity contribution in [2.24, 2.45) is 0 Å². The van der Waals surface area contributed by atoms with Crippen LogP contribution in [0.25, 0.3) is 0 Å². The molecule has 2 amide bonds. The summed E-state index contributed by atoms with van der Waals surface area (Å²) in [4.78, 5) is 29.1. The lowest BCUT2D eigenvalue weighted by molar-refractivity contribution is -0.132. The number of hydrogen-bond donors (Lipinski definition) is 0. The van der Waals surface area contributed by atoms with Gasteiger partial charge in [-0.25, -0.2) is 0 Å². The van der Waals surface area contributed by atoms with Gasteiger partial charge in [0, 0.05) is 32.6 Å². The van der Waals surface area contributed by atoms with E-state index >= 15 is 0 Å². The van der Waals surface area contributed by atoms with Crippen LogP contribution < -0.4 is 14.2 Å². The van der Waals surface area contributed by atoms with E-state index in [0.29, 0.717) is 56.3 Å². The number of rotatable bonds is 9. The zero-order valence-electron chi connectivity index (χ0n) is 20.1. The monoisotopic (exact) mass is 478 g/mol. The fourth-order valence-corrected chi connectivity index (χ4v) is 3.97. The van der Waals surface area contributed by atoms with Crippen LogP contribution in [0.3, 0.4) is 0 Å². The number of ether oxygens (including phenoxy) is 3. The summed E-state index contributed by atoms with van der Waals surface area (Å²) in [7, 11) is 3.21. The fourth-order valence-electron chi connectivity index (χ4n) is 3.97. The molecule has 8 heteroatoms. The van der Waals surface area contributed by atoms with Gasteiger partial charge in [0.2, 0.25) is 5.91 Å². The van der Waals surface area contributed by atoms with E-state index in [0.717, 1.165) is 11.3 Å². The van der Waals surface area contributed by atoms with Crippen LogP contribution in [-0.4, -0.2) is 62.0 Å². The minimum absolute atomic E-state index is 0.0988. The van der Waals surface area contributed by atoms with Crippen LogP contribution in [0.2, 0.25) is 0 Å². The lowest BCUT2D eigenvalue weighted by atomic mass is 10.1. The molecule has 2 heterocycles. The molecule has 1 aromatic heterocycles. The fraction of sp³-hybridized carbons (Fsp3) is 0.333. The smallest absolute Gasteiger partial charge is 0.289 e. The Labute approximate surface area is 205 Å². The predicted octanol–water partition coefficient (Wildman–Crippen LogP) is 3.79. The van der Waals surface area contributed by atoms with E-state index in [1.54, 1.807) is 31.3 Å². The van der Waals surface area contributed by atoms with Gasteiger partial charge in [-0.2, -0.15) is 0 Å². The molecule has 184 valence electrons. The van der Waals surface area contributed by atoms with Crippen LogP contribution >= 0.6 is 0 Å². The van der Waals surface area contributed by atoms with E-state index in [4.69, 9.17) is 18.6 Å². The first-order chi connectivity index (χ1) is 17.1. The molecular formula is C27H30N2O6. The Morgan fingerprint density at radius 3 is 2.20 bits per heavy atom. The number of hydrogen-bond acceptors (Lipinski definition) is 6. The van der Waals surface area contributed by atoms with Gasteiger partial charge in [0.25, 0.3) is 5.91 Å². The third kappa shape index (κ3) is 6.15. The first-order valence-electron chi connectivity index (χ1n) is 11.6. The van der Waals surface area contributed by atoms with Crippen molar-refractivity contribution in [2.75, 3.05) is 40.4 Å². The lowest BCUT2D eigenvalue weighted by Gasteiger charge is -2.34. The first-order valence-corrected chi connectivity index (χ1v) is 11.6. The molecule has 1 aliphatic rings. The standard InChI is InChI=1S/C27H30N2O6/c1-32-21-10-7-20(8-11-21)9-14-26(30)28-15-17-29(18-16-28)27(31)25-13-12-22(35-25)19-34-24-6-4-3-5-23(24)33-2/h3-8,10-13H,9,14-19H2,1-2H3. The van der Waals surface area contributed by atoms with Gasteiger partial charge in [0.1, 0.15) is 18.1 Å². The molecular weight excluding hydrogens is 448 g/mol. The molecule has 1 saturated heterocycles. The van der Waals surface area contributed by atoms with E-state index in [1.807, 2.05) is 53.4 Å². The Morgan fingerprint density at radius 1 is 0.829 bits per heavy atom. The summed E-state index contributed by atoms with van der Waals surface area (Å²) in [6, 6.07) is 18.5. The number of benzene rings is 2. The highest BCUT2D eigenvalue weighted by Gasteiger charge is 2.26. The summed E-state index contributed by atoms with van der Waals surface area (Å²) in [5.74, 6) is 2.77. The van der Waals surface area contributed by atoms with Gasteiger partial charge in [0.15, 0.2) is 17.3 Å². The largest absolute Gasteiger partial charge is 0.497 e. The highest BCUT2D eigenvalue weighted by molar-refractivity contribution is 5.91. The summed E-state index contributed by atoms with van der Waals surface area (Å²) in [5.41, 5.74) is 1.09. The van der Waals surface area contributed by atoms with E-state index in [1.165, 1.54) is 0 Å². The zero-order valence-corrected chi connectivity index (χ0v) is 20.1. The molecule has 0 atom stereocenters. The Kier molecular flexibility index (Phi) is 7.92. The lowest BCUT2D eigenvalue weighted by Crippen LogP contribution is -2.50. The van der Waals surface area contributed by atoms with Crippen molar-refractivity contribution < 1.29 is 28.2 Å². The second kappa shape index (κ2) is 11.5.